The van der Waals surface area contributed by atoms with E-state index in [4.69, 9.17) is 21.4 Å². The second-order valence-corrected chi connectivity index (χ2v) is 5.05. The molecule has 98 valence electrons. The molecule has 19 heavy (non-hydrogen) atoms. The van der Waals surface area contributed by atoms with E-state index in [0.717, 1.165) is 10.0 Å². The molecule has 1 N–H and O–H groups in total. The number of nitrogens with zero attached hydrogens (tertiary/aromatic N) is 1. The molecule has 0 aliphatic carbocycles. The highest BCUT2D eigenvalue weighted by atomic mass is 79.9. The molecular weight excluding hydrogens is 334 g/mol. The average molecular weight is 343 g/mol. The fraction of sp³-hybridized carbons (Fsp3) is 0.0769. The van der Waals surface area contributed by atoms with Gasteiger partial charge in [-0.05, 0) is 17.7 Å². The van der Waals surface area contributed by atoms with Crippen molar-refractivity contribution >= 4 is 33.5 Å². The summed E-state index contributed by atoms with van der Waals surface area (Å²) in [6.07, 6.45) is 1.27. The standard InChI is InChI=1S/C13H9BrClNO3/c14-9-3-1-2-8(4-9)7-19-12-5-10(13(17)18)11(15)6-16-12/h1-6H,7H2,(H,17,18). The Morgan fingerprint density at radius 1 is 1.42 bits per heavy atom. The van der Waals surface area contributed by atoms with E-state index < -0.39 is 5.97 Å². The lowest BCUT2D eigenvalue weighted by Gasteiger charge is -2.07. The summed E-state index contributed by atoms with van der Waals surface area (Å²) in [6.45, 7) is 0.299. The van der Waals surface area contributed by atoms with Crippen LogP contribution in [-0.4, -0.2) is 16.1 Å². The van der Waals surface area contributed by atoms with Gasteiger partial charge >= 0.3 is 5.97 Å². The van der Waals surface area contributed by atoms with Crippen molar-refractivity contribution in [1.29, 1.82) is 0 Å². The molecule has 0 bridgehead atoms. The SMILES string of the molecule is O=C(O)c1cc(OCc2cccc(Br)c2)ncc1Cl. The Morgan fingerprint density at radius 3 is 2.89 bits per heavy atom. The van der Waals surface area contributed by atoms with E-state index in [0.29, 0.717) is 6.61 Å². The summed E-state index contributed by atoms with van der Waals surface area (Å²) in [4.78, 5) is 14.8. The van der Waals surface area contributed by atoms with Crippen LogP contribution in [0.25, 0.3) is 0 Å². The Balaban J connectivity index is 2.12. The van der Waals surface area contributed by atoms with E-state index in [1.54, 1.807) is 0 Å². The van der Waals surface area contributed by atoms with Crippen LogP contribution in [0.15, 0.2) is 41.0 Å². The summed E-state index contributed by atoms with van der Waals surface area (Å²) in [5.41, 5.74) is 0.920. The van der Waals surface area contributed by atoms with Gasteiger partial charge in [-0.2, -0.15) is 0 Å². The predicted octanol–water partition coefficient (Wildman–Crippen LogP) is 3.77. The highest BCUT2D eigenvalue weighted by Crippen LogP contribution is 2.20. The molecule has 1 heterocycles. The topological polar surface area (TPSA) is 59.4 Å². The molecule has 0 aliphatic heterocycles. The van der Waals surface area contributed by atoms with E-state index in [2.05, 4.69) is 20.9 Å². The summed E-state index contributed by atoms with van der Waals surface area (Å²) in [7, 11) is 0. The summed E-state index contributed by atoms with van der Waals surface area (Å²) in [5, 5.41) is 9.02. The maximum absolute atomic E-state index is 10.9. The third-order valence-electron chi connectivity index (χ3n) is 2.34. The predicted molar refractivity (Wildman–Crippen MR) is 74.7 cm³/mol. The highest BCUT2D eigenvalue weighted by Gasteiger charge is 2.11. The van der Waals surface area contributed by atoms with Crippen LogP contribution in [0.2, 0.25) is 5.02 Å². The first-order valence-corrected chi connectivity index (χ1v) is 6.49. The Morgan fingerprint density at radius 2 is 2.21 bits per heavy atom. The van der Waals surface area contributed by atoms with Crippen LogP contribution in [0.3, 0.4) is 0 Å². The Hall–Kier alpha value is -1.59. The molecule has 0 saturated heterocycles. The van der Waals surface area contributed by atoms with E-state index >= 15 is 0 Å². The molecule has 6 heteroatoms. The quantitative estimate of drug-likeness (QED) is 0.918. The normalized spacial score (nSPS) is 10.2. The molecule has 0 aliphatic rings. The Bertz CT molecular complexity index is 619. The maximum Gasteiger partial charge on any atom is 0.337 e. The van der Waals surface area contributed by atoms with Crippen LogP contribution in [0.5, 0.6) is 5.88 Å². The molecule has 1 aromatic heterocycles. The van der Waals surface area contributed by atoms with Gasteiger partial charge in [0.1, 0.15) is 6.61 Å². The van der Waals surface area contributed by atoms with Crippen LogP contribution in [0.4, 0.5) is 0 Å². The van der Waals surface area contributed by atoms with Crippen LogP contribution in [0, 0.1) is 0 Å². The van der Waals surface area contributed by atoms with Crippen molar-refractivity contribution in [2.75, 3.05) is 0 Å². The number of carbonyl (C=O) groups is 1. The number of ether oxygens (including phenoxy) is 1. The first-order chi connectivity index (χ1) is 9.06. The smallest absolute Gasteiger partial charge is 0.337 e. The van der Waals surface area contributed by atoms with Crippen LogP contribution >= 0.6 is 27.5 Å². The number of carboxylic acid groups (broad SMARTS) is 1. The van der Waals surface area contributed by atoms with Crippen LogP contribution in [0.1, 0.15) is 15.9 Å². The van der Waals surface area contributed by atoms with Gasteiger partial charge in [0.25, 0.3) is 0 Å². The van der Waals surface area contributed by atoms with Crippen molar-refractivity contribution < 1.29 is 14.6 Å². The molecule has 0 unspecified atom stereocenters. The Kier molecular flexibility index (Phi) is 4.39. The molecule has 0 fully saturated rings. The molecule has 0 saturated carbocycles. The van der Waals surface area contributed by atoms with Gasteiger partial charge in [0.15, 0.2) is 0 Å². The van der Waals surface area contributed by atoms with Gasteiger partial charge in [-0.25, -0.2) is 9.78 Å². The molecule has 2 aromatic rings. The van der Waals surface area contributed by atoms with Crippen molar-refractivity contribution in [1.82, 2.24) is 4.98 Å². The number of hydrogen-bond acceptors (Lipinski definition) is 3. The largest absolute Gasteiger partial charge is 0.478 e. The fourth-order valence-corrected chi connectivity index (χ4v) is 2.08. The zero-order valence-electron chi connectivity index (χ0n) is 9.64. The zero-order valence-corrected chi connectivity index (χ0v) is 12.0. The van der Waals surface area contributed by atoms with Gasteiger partial charge in [-0.15, -0.1) is 0 Å². The minimum absolute atomic E-state index is 0.0269. The van der Waals surface area contributed by atoms with E-state index in [9.17, 15) is 4.79 Å². The lowest BCUT2D eigenvalue weighted by Crippen LogP contribution is -2.02. The van der Waals surface area contributed by atoms with E-state index in [1.807, 2.05) is 24.3 Å². The number of aromatic nitrogens is 1. The number of pyridine rings is 1. The molecule has 4 nitrogen and oxygen atoms in total. The van der Waals surface area contributed by atoms with Gasteiger partial charge in [0.2, 0.25) is 5.88 Å². The van der Waals surface area contributed by atoms with Gasteiger partial charge < -0.3 is 9.84 Å². The third kappa shape index (κ3) is 3.68. The number of benzene rings is 1. The van der Waals surface area contributed by atoms with Gasteiger partial charge in [0, 0.05) is 10.5 Å². The average Bonchev–Trinajstić information content (AvgIpc) is 2.37. The number of halogens is 2. The second kappa shape index (κ2) is 6.04. The molecule has 0 spiro atoms. The molecule has 1 aromatic carbocycles. The van der Waals surface area contributed by atoms with Crippen molar-refractivity contribution in [3.63, 3.8) is 0 Å². The second-order valence-electron chi connectivity index (χ2n) is 3.73. The van der Waals surface area contributed by atoms with Crippen LogP contribution < -0.4 is 4.74 Å². The zero-order chi connectivity index (χ0) is 13.8. The van der Waals surface area contributed by atoms with Gasteiger partial charge in [0.05, 0.1) is 16.8 Å². The van der Waals surface area contributed by atoms with Crippen molar-refractivity contribution in [3.8, 4) is 5.88 Å². The van der Waals surface area contributed by atoms with E-state index in [-0.39, 0.29) is 16.5 Å². The number of aromatic carboxylic acids is 1. The summed E-state index contributed by atoms with van der Waals surface area (Å²) < 4.78 is 6.39. The number of rotatable bonds is 4. The Labute approximate surface area is 123 Å². The lowest BCUT2D eigenvalue weighted by molar-refractivity contribution is 0.0696. The molecular formula is C13H9BrClNO3. The first-order valence-electron chi connectivity index (χ1n) is 5.32. The molecule has 0 atom stereocenters. The minimum Gasteiger partial charge on any atom is -0.478 e. The first kappa shape index (κ1) is 13.8. The molecule has 0 radical (unpaired) electrons. The van der Waals surface area contributed by atoms with E-state index in [1.165, 1.54) is 12.3 Å². The monoisotopic (exact) mass is 341 g/mol. The highest BCUT2D eigenvalue weighted by molar-refractivity contribution is 9.10. The minimum atomic E-state index is -1.11. The van der Waals surface area contributed by atoms with Crippen molar-refractivity contribution in [3.05, 3.63) is 57.2 Å². The molecule has 0 amide bonds. The van der Waals surface area contributed by atoms with Crippen molar-refractivity contribution in [2.24, 2.45) is 0 Å². The van der Waals surface area contributed by atoms with Crippen molar-refractivity contribution in [2.45, 2.75) is 6.61 Å². The number of carboxylic acids is 1. The molecule has 2 rings (SSSR count). The number of hydrogen-bond donors (Lipinski definition) is 1. The summed E-state index contributed by atoms with van der Waals surface area (Å²) in [5.74, 6) is -0.888. The van der Waals surface area contributed by atoms with Gasteiger partial charge in [-0.1, -0.05) is 39.7 Å². The fourth-order valence-electron chi connectivity index (χ4n) is 1.45. The van der Waals surface area contributed by atoms with Crippen LogP contribution in [-0.2, 0) is 6.61 Å². The summed E-state index contributed by atoms with van der Waals surface area (Å²) >= 11 is 9.09. The van der Waals surface area contributed by atoms with Gasteiger partial charge in [-0.3, -0.25) is 0 Å². The third-order valence-corrected chi connectivity index (χ3v) is 3.13. The lowest BCUT2D eigenvalue weighted by atomic mass is 10.2. The summed E-state index contributed by atoms with van der Waals surface area (Å²) in [6, 6.07) is 8.92. The maximum atomic E-state index is 10.9.